The van der Waals surface area contributed by atoms with Gasteiger partial charge in [-0.15, -0.1) is 11.3 Å². The molecule has 3 aromatic rings. The predicted octanol–water partition coefficient (Wildman–Crippen LogP) is 3.88. The third kappa shape index (κ3) is 4.43. The number of amides is 1. The van der Waals surface area contributed by atoms with Gasteiger partial charge in [-0.25, -0.2) is 4.39 Å². The molecule has 148 valence electrons. The van der Waals surface area contributed by atoms with Crippen molar-refractivity contribution in [3.05, 3.63) is 62.4 Å². The zero-order chi connectivity index (χ0) is 20.3. The number of aromatic nitrogens is 2. The Balaban J connectivity index is 1.75. The smallest absolute Gasteiger partial charge is 0.261 e. The zero-order valence-electron chi connectivity index (χ0n) is 15.7. The molecule has 0 spiro atoms. The van der Waals surface area contributed by atoms with Gasteiger partial charge in [0, 0.05) is 30.1 Å². The molecule has 0 aliphatic carbocycles. The maximum absolute atomic E-state index is 12.9. The summed E-state index contributed by atoms with van der Waals surface area (Å²) in [6.45, 7) is 1.72. The molecule has 3 rings (SSSR count). The van der Waals surface area contributed by atoms with Crippen LogP contribution in [-0.2, 0) is 20.1 Å². The van der Waals surface area contributed by atoms with Gasteiger partial charge in [-0.2, -0.15) is 5.10 Å². The van der Waals surface area contributed by atoms with Crippen molar-refractivity contribution in [3.8, 4) is 11.3 Å². The topological polar surface area (TPSA) is 72.9 Å². The van der Waals surface area contributed by atoms with E-state index in [-0.39, 0.29) is 18.5 Å². The first-order valence-corrected chi connectivity index (χ1v) is 10.1. The summed E-state index contributed by atoms with van der Waals surface area (Å²) in [6, 6.07) is 8.84. The fourth-order valence-corrected chi connectivity index (χ4v) is 4.31. The molecule has 0 aliphatic rings. The lowest BCUT2D eigenvalue weighted by Crippen LogP contribution is -2.41. The molecule has 5 nitrogen and oxygen atoms in total. The van der Waals surface area contributed by atoms with Crippen LogP contribution < -0.4 is 11.1 Å². The lowest BCUT2D eigenvalue weighted by atomic mass is 10.0. The fraction of sp³-hybridized carbons (Fsp3) is 0.300. The molecular weight excluding hydrogens is 399 g/mol. The summed E-state index contributed by atoms with van der Waals surface area (Å²) in [5.41, 5.74) is 9.09. The molecular formula is C20H22ClFN4OS. The Labute approximate surface area is 172 Å². The summed E-state index contributed by atoms with van der Waals surface area (Å²) in [5, 5.41) is 7.68. The van der Waals surface area contributed by atoms with Crippen LogP contribution in [0.15, 0.2) is 36.5 Å². The molecule has 0 unspecified atom stereocenters. The van der Waals surface area contributed by atoms with E-state index < -0.39 is 6.67 Å². The second kappa shape index (κ2) is 8.86. The van der Waals surface area contributed by atoms with Gasteiger partial charge in [-0.05, 0) is 30.5 Å². The molecule has 2 aromatic heterocycles. The molecule has 0 saturated carbocycles. The number of hydrogen-bond acceptors (Lipinski definition) is 4. The van der Waals surface area contributed by atoms with Crippen LogP contribution in [-0.4, -0.2) is 28.3 Å². The van der Waals surface area contributed by atoms with E-state index in [2.05, 4.69) is 10.4 Å². The van der Waals surface area contributed by atoms with Crippen molar-refractivity contribution in [2.75, 3.05) is 6.54 Å². The Morgan fingerprint density at radius 1 is 1.39 bits per heavy atom. The van der Waals surface area contributed by atoms with Gasteiger partial charge in [0.05, 0.1) is 21.8 Å². The van der Waals surface area contributed by atoms with Gasteiger partial charge in [0.1, 0.15) is 6.67 Å². The quantitative estimate of drug-likeness (QED) is 0.609. The molecule has 2 heterocycles. The third-order valence-electron chi connectivity index (χ3n) is 4.54. The van der Waals surface area contributed by atoms with E-state index in [9.17, 15) is 9.18 Å². The highest BCUT2D eigenvalue weighted by Gasteiger charge is 2.20. The Morgan fingerprint density at radius 2 is 2.14 bits per heavy atom. The summed E-state index contributed by atoms with van der Waals surface area (Å²) >= 11 is 7.64. The minimum atomic E-state index is -0.513. The van der Waals surface area contributed by atoms with E-state index in [4.69, 9.17) is 17.3 Å². The number of halogens is 2. The van der Waals surface area contributed by atoms with Crippen LogP contribution in [0.5, 0.6) is 0 Å². The highest BCUT2D eigenvalue weighted by atomic mass is 35.5. The summed E-state index contributed by atoms with van der Waals surface area (Å²) < 4.78 is 14.6. The van der Waals surface area contributed by atoms with Crippen LogP contribution in [0, 0.1) is 6.92 Å². The Kier molecular flexibility index (Phi) is 6.49. The lowest BCUT2D eigenvalue weighted by Gasteiger charge is -2.16. The van der Waals surface area contributed by atoms with Crippen LogP contribution in [0.3, 0.4) is 0 Å². The Hall–Kier alpha value is -2.22. The number of nitrogens with two attached hydrogens (primary N) is 1. The molecule has 0 fully saturated rings. The number of alkyl halides is 1. The van der Waals surface area contributed by atoms with E-state index in [1.807, 2.05) is 32.2 Å². The Morgan fingerprint density at radius 3 is 2.79 bits per heavy atom. The van der Waals surface area contributed by atoms with Crippen molar-refractivity contribution in [2.24, 2.45) is 12.8 Å². The van der Waals surface area contributed by atoms with Crippen LogP contribution >= 0.6 is 22.9 Å². The Bertz CT molecular complexity index is 965. The highest BCUT2D eigenvalue weighted by molar-refractivity contribution is 7.14. The van der Waals surface area contributed by atoms with Crippen molar-refractivity contribution in [1.29, 1.82) is 0 Å². The van der Waals surface area contributed by atoms with Gasteiger partial charge >= 0.3 is 0 Å². The second-order valence-corrected chi connectivity index (χ2v) is 8.27. The van der Waals surface area contributed by atoms with Crippen LogP contribution in [0.2, 0.25) is 5.02 Å². The molecule has 1 amide bonds. The van der Waals surface area contributed by atoms with Gasteiger partial charge < -0.3 is 11.1 Å². The third-order valence-corrected chi connectivity index (χ3v) is 5.86. The molecule has 28 heavy (non-hydrogen) atoms. The summed E-state index contributed by atoms with van der Waals surface area (Å²) in [6.07, 6.45) is 2.13. The second-order valence-electron chi connectivity index (χ2n) is 6.61. The minimum absolute atomic E-state index is 0.185. The summed E-state index contributed by atoms with van der Waals surface area (Å²) in [7, 11) is 1.81. The molecule has 1 aromatic carbocycles. The van der Waals surface area contributed by atoms with Gasteiger partial charge in [0.25, 0.3) is 5.91 Å². The van der Waals surface area contributed by atoms with Gasteiger partial charge in [-0.1, -0.05) is 35.9 Å². The first-order valence-electron chi connectivity index (χ1n) is 8.86. The van der Waals surface area contributed by atoms with E-state index >= 15 is 0 Å². The summed E-state index contributed by atoms with van der Waals surface area (Å²) in [4.78, 5) is 14.3. The number of aryl methyl sites for hydroxylation is 2. The molecule has 3 N–H and O–H groups in total. The lowest BCUT2D eigenvalue weighted by molar-refractivity contribution is 0.0942. The van der Waals surface area contributed by atoms with Crippen molar-refractivity contribution in [3.63, 3.8) is 0 Å². The highest BCUT2D eigenvalue weighted by Crippen LogP contribution is 2.34. The van der Waals surface area contributed by atoms with Crippen molar-refractivity contribution in [2.45, 2.75) is 26.1 Å². The van der Waals surface area contributed by atoms with Crippen LogP contribution in [0.4, 0.5) is 4.39 Å². The monoisotopic (exact) mass is 420 g/mol. The largest absolute Gasteiger partial charge is 0.347 e. The average Bonchev–Trinajstić information content (AvgIpc) is 3.22. The van der Waals surface area contributed by atoms with Crippen molar-refractivity contribution >= 4 is 28.8 Å². The van der Waals surface area contributed by atoms with E-state index in [0.717, 1.165) is 21.7 Å². The van der Waals surface area contributed by atoms with Crippen molar-refractivity contribution in [1.82, 2.24) is 15.1 Å². The van der Waals surface area contributed by atoms with Crippen LogP contribution in [0.25, 0.3) is 11.3 Å². The SMILES string of the molecule is Cc1sc(C(=O)N[C@H](CN)Cc2cccc(CF)c2)cc1-c1c(Cl)cnn1C. The van der Waals surface area contributed by atoms with Gasteiger partial charge in [-0.3, -0.25) is 9.48 Å². The maximum Gasteiger partial charge on any atom is 0.261 e. The number of carbonyl (C=O) groups excluding carboxylic acids is 1. The zero-order valence-corrected chi connectivity index (χ0v) is 17.3. The number of carbonyl (C=O) groups is 1. The van der Waals surface area contributed by atoms with E-state index in [1.54, 1.807) is 23.0 Å². The van der Waals surface area contributed by atoms with Crippen LogP contribution in [0.1, 0.15) is 25.7 Å². The molecule has 8 heteroatoms. The summed E-state index contributed by atoms with van der Waals surface area (Å²) in [5.74, 6) is -0.185. The molecule has 1 atom stereocenters. The number of nitrogens with zero attached hydrogens (tertiary/aromatic N) is 2. The minimum Gasteiger partial charge on any atom is -0.347 e. The average molecular weight is 421 g/mol. The number of hydrogen-bond donors (Lipinski definition) is 2. The first kappa shape index (κ1) is 20.5. The number of nitrogens with one attached hydrogen (secondary N) is 1. The normalized spacial score (nSPS) is 12.2. The van der Waals surface area contributed by atoms with E-state index in [0.29, 0.717) is 21.9 Å². The van der Waals surface area contributed by atoms with Gasteiger partial charge in [0.2, 0.25) is 0 Å². The molecule has 0 saturated heterocycles. The number of thiophene rings is 1. The first-order chi connectivity index (χ1) is 13.4. The van der Waals surface area contributed by atoms with Gasteiger partial charge in [0.15, 0.2) is 0 Å². The fourth-order valence-electron chi connectivity index (χ4n) is 3.12. The van der Waals surface area contributed by atoms with E-state index in [1.165, 1.54) is 11.3 Å². The predicted molar refractivity (Wildman–Crippen MR) is 112 cm³/mol. The standard InChI is InChI=1S/C20H22ClFN4OS/c1-12-16(19-17(21)11-24-26(19)2)8-18(28-12)20(27)25-15(10-23)7-13-4-3-5-14(6-13)9-22/h3-6,8,11,15H,7,9-10,23H2,1-2H3,(H,25,27)/t15-/m0/s1. The number of rotatable bonds is 7. The number of benzene rings is 1. The molecule has 0 radical (unpaired) electrons. The maximum atomic E-state index is 12.9. The van der Waals surface area contributed by atoms with Crippen molar-refractivity contribution < 1.29 is 9.18 Å². The molecule has 0 bridgehead atoms. The molecule has 0 aliphatic heterocycles.